The minimum Gasteiger partial charge on any atom is -0.228 e. The second kappa shape index (κ2) is 9.28. The molecule has 0 aliphatic carbocycles. The second-order valence-electron chi connectivity index (χ2n) is 8.45. The maximum Gasteiger partial charge on any atom is 0.160 e. The van der Waals surface area contributed by atoms with Gasteiger partial charge in [0.15, 0.2) is 5.82 Å². The van der Waals surface area contributed by atoms with Gasteiger partial charge < -0.3 is 0 Å². The van der Waals surface area contributed by atoms with Gasteiger partial charge in [-0.3, -0.25) is 0 Å². The van der Waals surface area contributed by atoms with Gasteiger partial charge in [-0.05, 0) is 40.1 Å². The van der Waals surface area contributed by atoms with Crippen molar-refractivity contribution < 1.29 is 0 Å². The van der Waals surface area contributed by atoms with E-state index in [1.807, 2.05) is 36.4 Å². The monoisotopic (exact) mass is 512 g/mol. The predicted molar refractivity (Wildman–Crippen MR) is 149 cm³/mol. The molecule has 0 N–H and O–H groups in total. The third-order valence-corrected chi connectivity index (χ3v) is 6.60. The lowest BCUT2D eigenvalue weighted by Crippen LogP contribution is -1.96. The molecule has 0 fully saturated rings. The van der Waals surface area contributed by atoms with Crippen LogP contribution in [-0.2, 0) is 0 Å². The van der Waals surface area contributed by atoms with Gasteiger partial charge in [0.25, 0.3) is 0 Å². The summed E-state index contributed by atoms with van der Waals surface area (Å²) in [5.74, 6) is 0.718. The summed E-state index contributed by atoms with van der Waals surface area (Å²) in [5, 5.41) is 2.45. The molecular weight excluding hydrogens is 492 g/mol. The van der Waals surface area contributed by atoms with Gasteiger partial charge in [-0.2, -0.15) is 0 Å². The summed E-state index contributed by atoms with van der Waals surface area (Å²) in [6, 6.07) is 44.0. The van der Waals surface area contributed by atoms with Crippen LogP contribution in [-0.4, -0.2) is 9.97 Å². The van der Waals surface area contributed by atoms with Crippen molar-refractivity contribution in [2.24, 2.45) is 0 Å². The summed E-state index contributed by atoms with van der Waals surface area (Å²) in [7, 11) is 0. The van der Waals surface area contributed by atoms with Crippen LogP contribution in [0.5, 0.6) is 0 Å². The van der Waals surface area contributed by atoms with Gasteiger partial charge in [0.2, 0.25) is 0 Å². The predicted octanol–water partition coefficient (Wildman–Crippen LogP) is 9.06. The molecule has 35 heavy (non-hydrogen) atoms. The Kier molecular flexibility index (Phi) is 5.69. The number of benzene rings is 5. The molecule has 0 aliphatic rings. The number of fused-ring (bicyclic) bond motifs is 1. The molecule has 1 aromatic heterocycles. The zero-order valence-corrected chi connectivity index (χ0v) is 20.5. The number of hydrogen-bond donors (Lipinski definition) is 0. The normalized spacial score (nSPS) is 11.0. The SMILES string of the molecule is Brc1cc(-c2ccc(-c3nc(-c4ccccc4)cc(-c4ccccc4)n3)cc2)c2ccccc2c1. The number of halogens is 1. The highest BCUT2D eigenvalue weighted by molar-refractivity contribution is 9.10. The fraction of sp³-hybridized carbons (Fsp3) is 0. The highest BCUT2D eigenvalue weighted by atomic mass is 79.9. The van der Waals surface area contributed by atoms with Crippen LogP contribution in [0.15, 0.2) is 132 Å². The highest BCUT2D eigenvalue weighted by Gasteiger charge is 2.11. The molecule has 1 heterocycles. The van der Waals surface area contributed by atoms with Crippen LogP contribution in [0, 0.1) is 0 Å². The van der Waals surface area contributed by atoms with Crippen molar-refractivity contribution in [2.75, 3.05) is 0 Å². The van der Waals surface area contributed by atoms with Crippen molar-refractivity contribution in [3.63, 3.8) is 0 Å². The second-order valence-corrected chi connectivity index (χ2v) is 9.36. The molecule has 5 aromatic carbocycles. The summed E-state index contributed by atoms with van der Waals surface area (Å²) in [6.07, 6.45) is 0. The van der Waals surface area contributed by atoms with E-state index >= 15 is 0 Å². The lowest BCUT2D eigenvalue weighted by atomic mass is 9.97. The maximum atomic E-state index is 4.95. The first kappa shape index (κ1) is 21.5. The van der Waals surface area contributed by atoms with Crippen molar-refractivity contribution in [1.29, 1.82) is 0 Å². The zero-order valence-electron chi connectivity index (χ0n) is 18.9. The van der Waals surface area contributed by atoms with Gasteiger partial charge in [-0.1, -0.05) is 125 Å². The molecule has 0 bridgehead atoms. The number of hydrogen-bond acceptors (Lipinski definition) is 2. The van der Waals surface area contributed by atoms with Crippen molar-refractivity contribution in [1.82, 2.24) is 9.97 Å². The highest BCUT2D eigenvalue weighted by Crippen LogP contribution is 2.34. The fourth-order valence-electron chi connectivity index (χ4n) is 4.40. The van der Waals surface area contributed by atoms with Crippen LogP contribution in [0.2, 0.25) is 0 Å². The van der Waals surface area contributed by atoms with E-state index in [4.69, 9.17) is 9.97 Å². The average molecular weight is 513 g/mol. The van der Waals surface area contributed by atoms with Crippen molar-refractivity contribution in [2.45, 2.75) is 0 Å². The summed E-state index contributed by atoms with van der Waals surface area (Å²) in [5.41, 5.74) is 7.33. The number of nitrogens with zero attached hydrogens (tertiary/aromatic N) is 2. The molecule has 0 saturated carbocycles. The summed E-state index contributed by atoms with van der Waals surface area (Å²) in [6.45, 7) is 0. The molecule has 0 saturated heterocycles. The average Bonchev–Trinajstić information content (AvgIpc) is 2.93. The number of aromatic nitrogens is 2. The molecule has 0 atom stereocenters. The Hall–Kier alpha value is -4.08. The largest absolute Gasteiger partial charge is 0.228 e. The molecular formula is C32H21BrN2. The Bertz CT molecular complexity index is 1570. The third kappa shape index (κ3) is 4.39. The lowest BCUT2D eigenvalue weighted by molar-refractivity contribution is 1.18. The minimum absolute atomic E-state index is 0.718. The van der Waals surface area contributed by atoms with Crippen LogP contribution in [0.3, 0.4) is 0 Å². The topological polar surface area (TPSA) is 25.8 Å². The quantitative estimate of drug-likeness (QED) is 0.235. The van der Waals surface area contributed by atoms with E-state index in [1.54, 1.807) is 0 Å². The molecule has 166 valence electrons. The zero-order chi connectivity index (χ0) is 23.6. The first-order valence-electron chi connectivity index (χ1n) is 11.5. The van der Waals surface area contributed by atoms with Crippen molar-refractivity contribution in [3.05, 3.63) is 132 Å². The van der Waals surface area contributed by atoms with Crippen LogP contribution >= 0.6 is 15.9 Å². The van der Waals surface area contributed by atoms with Gasteiger partial charge in [-0.15, -0.1) is 0 Å². The van der Waals surface area contributed by atoms with Gasteiger partial charge >= 0.3 is 0 Å². The Morgan fingerprint density at radius 3 is 1.63 bits per heavy atom. The van der Waals surface area contributed by atoms with E-state index in [1.165, 1.54) is 16.3 Å². The standard InChI is InChI=1S/C32H21BrN2/c33-27-19-26-13-7-8-14-28(26)29(20-27)22-15-17-25(18-16-22)32-34-30(23-9-3-1-4-10-23)21-31(35-32)24-11-5-2-6-12-24/h1-21H. The molecule has 6 rings (SSSR count). The first-order chi connectivity index (χ1) is 17.2. The van der Waals surface area contributed by atoms with Crippen molar-refractivity contribution >= 4 is 26.7 Å². The van der Waals surface area contributed by atoms with Crippen LogP contribution in [0.25, 0.3) is 55.8 Å². The molecule has 0 radical (unpaired) electrons. The van der Waals surface area contributed by atoms with Crippen molar-refractivity contribution in [3.8, 4) is 45.0 Å². The van der Waals surface area contributed by atoms with Gasteiger partial charge in [0.1, 0.15) is 0 Å². The minimum atomic E-state index is 0.718. The maximum absolute atomic E-state index is 4.95. The Morgan fingerprint density at radius 2 is 1.00 bits per heavy atom. The van der Waals surface area contributed by atoms with Gasteiger partial charge in [0.05, 0.1) is 11.4 Å². The summed E-state index contributed by atoms with van der Waals surface area (Å²) in [4.78, 5) is 9.89. The Morgan fingerprint density at radius 1 is 0.457 bits per heavy atom. The first-order valence-corrected chi connectivity index (χ1v) is 12.3. The molecule has 0 unspecified atom stereocenters. The van der Waals surface area contributed by atoms with Gasteiger partial charge in [0, 0.05) is 21.2 Å². The molecule has 2 nitrogen and oxygen atoms in total. The van der Waals surface area contributed by atoms with E-state index in [0.717, 1.165) is 43.9 Å². The molecule has 6 aromatic rings. The van der Waals surface area contributed by atoms with Crippen LogP contribution in [0.1, 0.15) is 0 Å². The summed E-state index contributed by atoms with van der Waals surface area (Å²) >= 11 is 3.67. The Labute approximate surface area is 213 Å². The Balaban J connectivity index is 1.46. The van der Waals surface area contributed by atoms with E-state index in [9.17, 15) is 0 Å². The smallest absolute Gasteiger partial charge is 0.160 e. The lowest BCUT2D eigenvalue weighted by Gasteiger charge is -2.11. The third-order valence-electron chi connectivity index (χ3n) is 6.15. The number of rotatable bonds is 4. The van der Waals surface area contributed by atoms with E-state index in [0.29, 0.717) is 0 Å². The molecule has 0 aliphatic heterocycles. The van der Waals surface area contributed by atoms with E-state index < -0.39 is 0 Å². The van der Waals surface area contributed by atoms with E-state index in [2.05, 4.69) is 107 Å². The van der Waals surface area contributed by atoms with Crippen LogP contribution < -0.4 is 0 Å². The van der Waals surface area contributed by atoms with Crippen LogP contribution in [0.4, 0.5) is 0 Å². The van der Waals surface area contributed by atoms with Gasteiger partial charge in [-0.25, -0.2) is 9.97 Å². The fourth-order valence-corrected chi connectivity index (χ4v) is 4.88. The summed E-state index contributed by atoms with van der Waals surface area (Å²) < 4.78 is 1.07. The molecule has 0 amide bonds. The van der Waals surface area contributed by atoms with E-state index in [-0.39, 0.29) is 0 Å². The molecule has 0 spiro atoms. The molecule has 3 heteroatoms.